The van der Waals surface area contributed by atoms with Gasteiger partial charge in [-0.05, 0) is 19.3 Å². The van der Waals surface area contributed by atoms with E-state index in [9.17, 15) is 4.79 Å². The lowest BCUT2D eigenvalue weighted by molar-refractivity contribution is -0.130. The van der Waals surface area contributed by atoms with Crippen LogP contribution in [-0.2, 0) is 16.6 Å². The van der Waals surface area contributed by atoms with Gasteiger partial charge >= 0.3 is 0 Å². The normalized spacial score (nSPS) is 21.3. The van der Waals surface area contributed by atoms with E-state index in [1.807, 2.05) is 0 Å². The lowest BCUT2D eigenvalue weighted by Crippen LogP contribution is -2.33. The largest absolute Gasteiger partial charge is 0.368 e. The van der Waals surface area contributed by atoms with Crippen molar-refractivity contribution in [2.24, 2.45) is 7.05 Å². The lowest BCUT2D eigenvalue weighted by atomic mass is 10.1. The van der Waals surface area contributed by atoms with Gasteiger partial charge in [0.15, 0.2) is 0 Å². The zero-order valence-corrected chi connectivity index (χ0v) is 8.64. The summed E-state index contributed by atoms with van der Waals surface area (Å²) in [5, 5.41) is 10.1. The van der Waals surface area contributed by atoms with E-state index in [4.69, 9.17) is 4.74 Å². The van der Waals surface area contributed by atoms with Crippen LogP contribution in [0.2, 0.25) is 0 Å². The van der Waals surface area contributed by atoms with Crippen LogP contribution in [0.1, 0.15) is 19.3 Å². The fourth-order valence-electron chi connectivity index (χ4n) is 1.53. The Hall–Kier alpha value is -1.43. The first-order valence-corrected chi connectivity index (χ1v) is 5.04. The average molecular weight is 210 g/mol. The minimum Gasteiger partial charge on any atom is -0.368 e. The number of hydrogen-bond acceptors (Lipinski definition) is 4. The molecule has 0 aromatic carbocycles. The second-order valence-corrected chi connectivity index (χ2v) is 3.61. The summed E-state index contributed by atoms with van der Waals surface area (Å²) in [6.45, 7) is 0.664. The molecular weight excluding hydrogens is 196 g/mol. The van der Waals surface area contributed by atoms with Gasteiger partial charge in [-0.2, -0.15) is 0 Å². The third-order valence-electron chi connectivity index (χ3n) is 2.42. The van der Waals surface area contributed by atoms with Crippen molar-refractivity contribution in [1.29, 1.82) is 0 Å². The van der Waals surface area contributed by atoms with E-state index in [2.05, 4.69) is 15.5 Å². The predicted molar refractivity (Wildman–Crippen MR) is 53.2 cm³/mol. The molecule has 1 aliphatic heterocycles. The van der Waals surface area contributed by atoms with Crippen molar-refractivity contribution >= 4 is 11.9 Å². The van der Waals surface area contributed by atoms with E-state index in [1.165, 1.54) is 6.33 Å². The van der Waals surface area contributed by atoms with E-state index < -0.39 is 0 Å². The number of anilines is 1. The van der Waals surface area contributed by atoms with Gasteiger partial charge in [0.05, 0.1) is 0 Å². The molecule has 0 spiro atoms. The summed E-state index contributed by atoms with van der Waals surface area (Å²) in [6, 6.07) is 0. The van der Waals surface area contributed by atoms with Crippen LogP contribution in [0.3, 0.4) is 0 Å². The van der Waals surface area contributed by atoms with Crippen molar-refractivity contribution in [3.05, 3.63) is 6.33 Å². The first kappa shape index (κ1) is 10.1. The lowest BCUT2D eigenvalue weighted by Gasteiger charge is -2.21. The smallest absolute Gasteiger partial charge is 0.255 e. The Kier molecular flexibility index (Phi) is 2.96. The van der Waals surface area contributed by atoms with Crippen LogP contribution < -0.4 is 5.32 Å². The standard InChI is InChI=1S/C9H14N4O2/c1-13-6-10-12-9(13)11-8(14)7-4-2-3-5-15-7/h6-7H,2-5H2,1H3,(H,11,12,14)/t7-/m1/s1. The van der Waals surface area contributed by atoms with E-state index in [0.29, 0.717) is 12.6 Å². The molecule has 2 heterocycles. The zero-order valence-electron chi connectivity index (χ0n) is 8.64. The second kappa shape index (κ2) is 4.39. The number of carbonyl (C=O) groups is 1. The summed E-state index contributed by atoms with van der Waals surface area (Å²) >= 11 is 0. The fourth-order valence-corrected chi connectivity index (χ4v) is 1.53. The molecule has 15 heavy (non-hydrogen) atoms. The maximum absolute atomic E-state index is 11.7. The number of nitrogens with one attached hydrogen (secondary N) is 1. The highest BCUT2D eigenvalue weighted by Crippen LogP contribution is 2.14. The number of hydrogen-bond donors (Lipinski definition) is 1. The van der Waals surface area contributed by atoms with Crippen LogP contribution in [-0.4, -0.2) is 33.4 Å². The van der Waals surface area contributed by atoms with Crippen molar-refractivity contribution in [3.63, 3.8) is 0 Å². The number of nitrogens with zero attached hydrogens (tertiary/aromatic N) is 3. The van der Waals surface area contributed by atoms with Crippen LogP contribution in [0.15, 0.2) is 6.33 Å². The Bertz CT molecular complexity index is 344. The van der Waals surface area contributed by atoms with E-state index in [0.717, 1.165) is 19.3 Å². The van der Waals surface area contributed by atoms with Gasteiger partial charge in [0, 0.05) is 13.7 Å². The van der Waals surface area contributed by atoms with Crippen molar-refractivity contribution in [2.45, 2.75) is 25.4 Å². The van der Waals surface area contributed by atoms with E-state index in [-0.39, 0.29) is 12.0 Å². The summed E-state index contributed by atoms with van der Waals surface area (Å²) in [4.78, 5) is 11.7. The third kappa shape index (κ3) is 2.33. The molecule has 2 rings (SSSR count). The first-order valence-electron chi connectivity index (χ1n) is 5.04. The summed E-state index contributed by atoms with van der Waals surface area (Å²) in [7, 11) is 1.78. The first-order chi connectivity index (χ1) is 7.27. The third-order valence-corrected chi connectivity index (χ3v) is 2.42. The second-order valence-electron chi connectivity index (χ2n) is 3.61. The molecule has 1 fully saturated rings. The number of aryl methyl sites for hydroxylation is 1. The molecule has 1 atom stereocenters. The van der Waals surface area contributed by atoms with Crippen molar-refractivity contribution in [2.75, 3.05) is 11.9 Å². The molecule has 0 radical (unpaired) electrons. The minimum absolute atomic E-state index is 0.134. The predicted octanol–water partition coefficient (Wildman–Crippen LogP) is 0.323. The highest BCUT2D eigenvalue weighted by atomic mass is 16.5. The van der Waals surface area contributed by atoms with Gasteiger partial charge in [0.1, 0.15) is 12.4 Å². The summed E-state index contributed by atoms with van der Waals surface area (Å²) in [5.41, 5.74) is 0. The number of amides is 1. The molecule has 0 unspecified atom stereocenters. The molecule has 0 bridgehead atoms. The van der Waals surface area contributed by atoms with E-state index in [1.54, 1.807) is 11.6 Å². The Balaban J connectivity index is 1.94. The van der Waals surface area contributed by atoms with Gasteiger partial charge in [-0.3, -0.25) is 10.1 Å². The molecule has 1 amide bonds. The summed E-state index contributed by atoms with van der Waals surface area (Å²) in [5.74, 6) is 0.319. The van der Waals surface area contributed by atoms with Crippen molar-refractivity contribution < 1.29 is 9.53 Å². The quantitative estimate of drug-likeness (QED) is 0.763. The fraction of sp³-hybridized carbons (Fsp3) is 0.667. The van der Waals surface area contributed by atoms with Gasteiger partial charge < -0.3 is 9.30 Å². The molecule has 82 valence electrons. The number of ether oxygens (including phenoxy) is 1. The molecule has 6 nitrogen and oxygen atoms in total. The van der Waals surface area contributed by atoms with E-state index >= 15 is 0 Å². The topological polar surface area (TPSA) is 69.0 Å². The van der Waals surface area contributed by atoms with Gasteiger partial charge in [0.2, 0.25) is 5.95 Å². The van der Waals surface area contributed by atoms with Gasteiger partial charge in [-0.25, -0.2) is 0 Å². The molecule has 6 heteroatoms. The van der Waals surface area contributed by atoms with Crippen LogP contribution in [0, 0.1) is 0 Å². The maximum Gasteiger partial charge on any atom is 0.255 e. The molecule has 1 aromatic heterocycles. The molecule has 0 saturated carbocycles. The van der Waals surface area contributed by atoms with Gasteiger partial charge in [-0.1, -0.05) is 0 Å². The SMILES string of the molecule is Cn1cnnc1NC(=O)[C@H]1CCCCO1. The van der Waals surface area contributed by atoms with Crippen LogP contribution in [0.4, 0.5) is 5.95 Å². The number of aromatic nitrogens is 3. The van der Waals surface area contributed by atoms with Crippen LogP contribution in [0.5, 0.6) is 0 Å². The molecule has 1 N–H and O–H groups in total. The molecule has 0 aliphatic carbocycles. The highest BCUT2D eigenvalue weighted by Gasteiger charge is 2.22. The summed E-state index contributed by atoms with van der Waals surface area (Å²) in [6.07, 6.45) is 4.06. The van der Waals surface area contributed by atoms with Gasteiger partial charge in [0.25, 0.3) is 5.91 Å². The Morgan fingerprint density at radius 2 is 2.53 bits per heavy atom. The van der Waals surface area contributed by atoms with Crippen LogP contribution >= 0.6 is 0 Å². The summed E-state index contributed by atoms with van der Waals surface area (Å²) < 4.78 is 7.01. The van der Waals surface area contributed by atoms with Crippen molar-refractivity contribution in [1.82, 2.24) is 14.8 Å². The Labute approximate surface area is 87.6 Å². The molecular formula is C9H14N4O2. The monoisotopic (exact) mass is 210 g/mol. The maximum atomic E-state index is 11.7. The Morgan fingerprint density at radius 1 is 1.67 bits per heavy atom. The molecule has 1 aromatic rings. The van der Waals surface area contributed by atoms with Gasteiger partial charge in [-0.15, -0.1) is 10.2 Å². The molecule has 1 aliphatic rings. The Morgan fingerprint density at radius 3 is 3.13 bits per heavy atom. The molecule has 1 saturated heterocycles. The van der Waals surface area contributed by atoms with Crippen molar-refractivity contribution in [3.8, 4) is 0 Å². The highest BCUT2D eigenvalue weighted by molar-refractivity contribution is 5.92. The number of carbonyl (C=O) groups excluding carboxylic acids is 1. The minimum atomic E-state index is -0.338. The number of rotatable bonds is 2. The van der Waals surface area contributed by atoms with Crippen LogP contribution in [0.25, 0.3) is 0 Å². The average Bonchev–Trinajstić information content (AvgIpc) is 2.66. The zero-order chi connectivity index (χ0) is 10.7.